The van der Waals surface area contributed by atoms with Crippen LogP contribution < -0.4 is 65.9 Å². The van der Waals surface area contributed by atoms with E-state index in [2.05, 4.69) is 37.2 Å². The molecule has 0 saturated carbocycles. The number of carbonyl (C=O) groups is 6. The van der Waals surface area contributed by atoms with Gasteiger partial charge in [0.15, 0.2) is 11.9 Å². The number of nitrogens with one attached hydrogen (secondary N) is 9. The van der Waals surface area contributed by atoms with Crippen LogP contribution in [0.3, 0.4) is 0 Å². The minimum absolute atomic E-state index is 0.0468. The third kappa shape index (κ3) is 21.1. The van der Waals surface area contributed by atoms with Crippen LogP contribution in [0.4, 0.5) is 0 Å². The van der Waals surface area contributed by atoms with E-state index in [1.54, 1.807) is 30.3 Å². The van der Waals surface area contributed by atoms with E-state index in [1.807, 2.05) is 13.8 Å². The second-order valence-electron chi connectivity index (χ2n) is 13.6. The van der Waals surface area contributed by atoms with Gasteiger partial charge in [-0.05, 0) is 63.0 Å². The number of rotatable bonds is 27. The minimum atomic E-state index is -1.21. The van der Waals surface area contributed by atoms with Crippen molar-refractivity contribution in [3.8, 4) is 0 Å². The molecule has 1 aromatic carbocycles. The van der Waals surface area contributed by atoms with E-state index >= 15 is 0 Å². The zero-order chi connectivity index (χ0) is 41.3. The van der Waals surface area contributed by atoms with Crippen molar-refractivity contribution in [2.75, 3.05) is 26.2 Å². The molecule has 20 nitrogen and oxygen atoms in total. The van der Waals surface area contributed by atoms with Crippen molar-refractivity contribution in [3.05, 3.63) is 35.9 Å². The fourth-order valence-corrected chi connectivity index (χ4v) is 5.39. The van der Waals surface area contributed by atoms with Crippen LogP contribution in [0.2, 0.25) is 0 Å². The molecule has 0 heterocycles. The molecular formula is C35H62N14O6. The summed E-state index contributed by atoms with van der Waals surface area (Å²) in [7, 11) is 0. The van der Waals surface area contributed by atoms with Crippen molar-refractivity contribution < 1.29 is 28.8 Å². The number of nitrogens with two attached hydrogens (primary N) is 5. The van der Waals surface area contributed by atoms with Crippen LogP contribution in [-0.4, -0.2) is 104 Å². The summed E-state index contributed by atoms with van der Waals surface area (Å²) in [5.41, 5.74) is 28.4. The highest BCUT2D eigenvalue weighted by atomic mass is 16.2. The van der Waals surface area contributed by atoms with E-state index < -0.39 is 72.2 Å². The molecule has 0 aliphatic heterocycles. The van der Waals surface area contributed by atoms with Crippen molar-refractivity contribution in [2.24, 2.45) is 34.6 Å². The van der Waals surface area contributed by atoms with Crippen LogP contribution in [0, 0.1) is 16.7 Å². The predicted octanol–water partition coefficient (Wildman–Crippen LogP) is -3.20. The monoisotopic (exact) mass is 774 g/mol. The molecule has 1 rings (SSSR count). The molecule has 6 amide bonds. The standard InChI is InChI=1S/C35H62N14O6/c1-21(2)18-26(33(55)49-27(30(52)45-20-28(38)50)19-22-10-4-3-5-11-22)48-32(54)25(14-9-17-44-35(41)42)47-31(53)24(13-8-16-43-34(39)40)46-29(51)23(37)12-6-7-15-36/h3-5,10-11,21,23-27H,6-9,12-20,36-37H2,1-2H3,(H2,38,50)(H,45,52)(H,46,51)(H,47,53)(H,48,54)(H,49,55)(H4,39,40,43)(H4,41,42,44). The molecule has 19 N–H and O–H groups in total. The highest BCUT2D eigenvalue weighted by Gasteiger charge is 2.32. The van der Waals surface area contributed by atoms with Gasteiger partial charge in [0.1, 0.15) is 24.2 Å². The van der Waals surface area contributed by atoms with Crippen LogP contribution in [0.5, 0.6) is 0 Å². The Balaban J connectivity index is 3.32. The smallest absolute Gasteiger partial charge is 0.243 e. The maximum absolute atomic E-state index is 13.9. The summed E-state index contributed by atoms with van der Waals surface area (Å²) < 4.78 is 0. The maximum atomic E-state index is 13.9. The summed E-state index contributed by atoms with van der Waals surface area (Å²) in [5.74, 6) is -4.71. The summed E-state index contributed by atoms with van der Waals surface area (Å²) in [6.45, 7) is 4.11. The summed E-state index contributed by atoms with van der Waals surface area (Å²) in [6, 6.07) is 3.36. The predicted molar refractivity (Wildman–Crippen MR) is 209 cm³/mol. The molecule has 5 atom stereocenters. The van der Waals surface area contributed by atoms with Gasteiger partial charge in [-0.15, -0.1) is 0 Å². The molecule has 55 heavy (non-hydrogen) atoms. The Labute approximate surface area is 322 Å². The molecule has 0 saturated heterocycles. The van der Waals surface area contributed by atoms with E-state index in [-0.39, 0.29) is 63.0 Å². The number of guanidine groups is 2. The van der Waals surface area contributed by atoms with E-state index in [0.717, 1.165) is 5.56 Å². The summed E-state index contributed by atoms with van der Waals surface area (Å²) in [6.07, 6.45) is 2.59. The Morgan fingerprint density at radius 1 is 0.618 bits per heavy atom. The van der Waals surface area contributed by atoms with Crippen molar-refractivity contribution in [3.63, 3.8) is 0 Å². The SMILES string of the molecule is CC(C)CC(NC(=O)C(CCCNC(=N)N)NC(=O)C(CCCNC(=N)N)NC(=O)C(N)CCCCN)C(=O)NC(Cc1ccccc1)C(=O)NCC(N)=O. The van der Waals surface area contributed by atoms with Crippen LogP contribution in [0.1, 0.15) is 70.8 Å². The van der Waals surface area contributed by atoms with Gasteiger partial charge in [0.2, 0.25) is 35.4 Å². The van der Waals surface area contributed by atoms with Gasteiger partial charge in [0, 0.05) is 19.5 Å². The lowest BCUT2D eigenvalue weighted by Gasteiger charge is -2.27. The molecule has 20 heteroatoms. The second-order valence-corrected chi connectivity index (χ2v) is 13.6. The molecule has 0 fully saturated rings. The van der Waals surface area contributed by atoms with Crippen LogP contribution in [0.15, 0.2) is 30.3 Å². The molecule has 5 unspecified atom stereocenters. The molecule has 1 aromatic rings. The molecule has 0 aliphatic carbocycles. The normalized spacial score (nSPS) is 13.5. The third-order valence-corrected chi connectivity index (χ3v) is 8.23. The topological polar surface area (TPSA) is 364 Å². The number of primary amides is 1. The van der Waals surface area contributed by atoms with Gasteiger partial charge < -0.3 is 65.9 Å². The first kappa shape index (κ1) is 47.5. The zero-order valence-electron chi connectivity index (χ0n) is 31.9. The summed E-state index contributed by atoms with van der Waals surface area (Å²) in [4.78, 5) is 79.0. The van der Waals surface area contributed by atoms with Gasteiger partial charge in [-0.1, -0.05) is 50.6 Å². The largest absolute Gasteiger partial charge is 0.370 e. The number of unbranched alkanes of at least 4 members (excludes halogenated alkanes) is 1. The summed E-state index contributed by atoms with van der Waals surface area (Å²) >= 11 is 0. The fraction of sp³-hybridized carbons (Fsp3) is 0.600. The van der Waals surface area contributed by atoms with Crippen LogP contribution in [-0.2, 0) is 35.2 Å². The van der Waals surface area contributed by atoms with Gasteiger partial charge in [-0.2, -0.15) is 0 Å². The Hall–Kier alpha value is -5.50. The lowest BCUT2D eigenvalue weighted by atomic mass is 10.00. The molecule has 0 bridgehead atoms. The second kappa shape index (κ2) is 26.3. The van der Waals surface area contributed by atoms with E-state index in [9.17, 15) is 28.8 Å². The molecule has 0 aromatic heterocycles. The minimum Gasteiger partial charge on any atom is -0.370 e. The van der Waals surface area contributed by atoms with Crippen LogP contribution in [0.25, 0.3) is 0 Å². The van der Waals surface area contributed by atoms with Gasteiger partial charge in [0.25, 0.3) is 0 Å². The van der Waals surface area contributed by atoms with Crippen molar-refractivity contribution in [2.45, 2.75) is 102 Å². The Kier molecular flexibility index (Phi) is 22.7. The average Bonchev–Trinajstić information content (AvgIpc) is 3.12. The molecule has 308 valence electrons. The number of carbonyl (C=O) groups excluding carboxylic acids is 6. The maximum Gasteiger partial charge on any atom is 0.243 e. The average molecular weight is 775 g/mol. The van der Waals surface area contributed by atoms with Gasteiger partial charge in [0.05, 0.1) is 12.6 Å². The number of amides is 6. The van der Waals surface area contributed by atoms with E-state index in [4.69, 9.17) is 39.5 Å². The number of hydrogen-bond donors (Lipinski definition) is 14. The van der Waals surface area contributed by atoms with E-state index in [0.29, 0.717) is 32.2 Å². The highest BCUT2D eigenvalue weighted by Crippen LogP contribution is 2.10. The first-order valence-electron chi connectivity index (χ1n) is 18.5. The van der Waals surface area contributed by atoms with Gasteiger partial charge in [-0.25, -0.2) is 0 Å². The lowest BCUT2D eigenvalue weighted by molar-refractivity contribution is -0.135. The highest BCUT2D eigenvalue weighted by molar-refractivity contribution is 5.96. The first-order valence-corrected chi connectivity index (χ1v) is 18.5. The Morgan fingerprint density at radius 2 is 1.11 bits per heavy atom. The van der Waals surface area contributed by atoms with Crippen molar-refractivity contribution in [1.29, 1.82) is 10.8 Å². The number of hydrogen-bond acceptors (Lipinski definition) is 10. The molecule has 0 aliphatic rings. The molecule has 0 spiro atoms. The van der Waals surface area contributed by atoms with Crippen molar-refractivity contribution in [1.82, 2.24) is 37.2 Å². The third-order valence-electron chi connectivity index (χ3n) is 8.23. The quantitative estimate of drug-likeness (QED) is 0.0239. The molecule has 0 radical (unpaired) electrons. The van der Waals surface area contributed by atoms with Crippen molar-refractivity contribution >= 4 is 47.4 Å². The zero-order valence-corrected chi connectivity index (χ0v) is 31.9. The first-order chi connectivity index (χ1) is 26.0. The summed E-state index contributed by atoms with van der Waals surface area (Å²) in [5, 5.41) is 33.3. The fourth-order valence-electron chi connectivity index (χ4n) is 5.39. The van der Waals surface area contributed by atoms with Crippen LogP contribution >= 0.6 is 0 Å². The molecular weight excluding hydrogens is 712 g/mol. The Bertz CT molecular complexity index is 1410. The van der Waals surface area contributed by atoms with Gasteiger partial charge >= 0.3 is 0 Å². The number of benzene rings is 1. The lowest BCUT2D eigenvalue weighted by Crippen LogP contribution is -2.59. The Morgan fingerprint density at radius 3 is 1.60 bits per heavy atom. The van der Waals surface area contributed by atoms with Gasteiger partial charge in [-0.3, -0.25) is 39.6 Å². The van der Waals surface area contributed by atoms with E-state index in [1.165, 1.54) is 0 Å².